The van der Waals surface area contributed by atoms with E-state index in [1.165, 1.54) is 53.1 Å². The van der Waals surface area contributed by atoms with Crippen LogP contribution >= 0.6 is 11.8 Å². The summed E-state index contributed by atoms with van der Waals surface area (Å²) in [5, 5.41) is 20.6. The first-order chi connectivity index (χ1) is 27.2. The number of aromatic carboxylic acids is 2. The smallest absolute Gasteiger partial charge is 0.371 e. The van der Waals surface area contributed by atoms with Gasteiger partial charge in [-0.15, -0.1) is 11.8 Å². The lowest BCUT2D eigenvalue weighted by atomic mass is 9.96. The van der Waals surface area contributed by atoms with Crippen LogP contribution in [0.4, 0.5) is 0 Å². The van der Waals surface area contributed by atoms with Crippen LogP contribution in [0.3, 0.4) is 0 Å². The predicted octanol–water partition coefficient (Wildman–Crippen LogP) is 3.29. The molecule has 2 saturated heterocycles. The van der Waals surface area contributed by atoms with Gasteiger partial charge in [0.1, 0.15) is 69.9 Å². The number of para-hydroxylation sites is 1. The molecule has 294 valence electrons. The molecular formula is C39H32N2O15S. The molecule has 7 rings (SSSR count). The lowest BCUT2D eigenvalue weighted by molar-refractivity contribution is -0.169. The van der Waals surface area contributed by atoms with Gasteiger partial charge < -0.3 is 48.2 Å². The van der Waals surface area contributed by atoms with Crippen molar-refractivity contribution in [1.82, 2.24) is 10.2 Å². The molecule has 0 bridgehead atoms. The summed E-state index contributed by atoms with van der Waals surface area (Å²) in [5.74, 6) is -5.54. The summed E-state index contributed by atoms with van der Waals surface area (Å²) >= 11 is 1.29. The van der Waals surface area contributed by atoms with Gasteiger partial charge in [0.2, 0.25) is 17.4 Å². The van der Waals surface area contributed by atoms with E-state index in [0.717, 1.165) is 12.1 Å². The number of hydrogen-bond donors (Lipinski definition) is 3. The Balaban J connectivity index is 1.11. The van der Waals surface area contributed by atoms with Gasteiger partial charge in [-0.2, -0.15) is 0 Å². The number of thioether (sulfide) groups is 1. The summed E-state index contributed by atoms with van der Waals surface area (Å²) in [4.78, 5) is 90.4. The molecule has 3 N–H and O–H groups in total. The van der Waals surface area contributed by atoms with Crippen molar-refractivity contribution in [3.05, 3.63) is 111 Å². The number of amides is 2. The van der Waals surface area contributed by atoms with E-state index in [1.807, 2.05) is 0 Å². The van der Waals surface area contributed by atoms with E-state index in [9.17, 15) is 43.8 Å². The van der Waals surface area contributed by atoms with Crippen molar-refractivity contribution in [2.24, 2.45) is 0 Å². The maximum Gasteiger partial charge on any atom is 0.371 e. The number of fused-ring (bicyclic) bond motifs is 3. The number of carbonyl (C=O) groups is 5. The first-order valence-corrected chi connectivity index (χ1v) is 18.1. The van der Waals surface area contributed by atoms with E-state index in [0.29, 0.717) is 5.75 Å². The number of carboxylic acids is 2. The van der Waals surface area contributed by atoms with Gasteiger partial charge in [-0.3, -0.25) is 19.2 Å². The van der Waals surface area contributed by atoms with Crippen LogP contribution in [0, 0.1) is 0 Å². The lowest BCUT2D eigenvalue weighted by Gasteiger charge is -2.44. The first kappa shape index (κ1) is 38.5. The summed E-state index contributed by atoms with van der Waals surface area (Å²) in [6.45, 7) is 2.25. The van der Waals surface area contributed by atoms with Crippen LogP contribution in [0.2, 0.25) is 0 Å². The number of carboxylic acid groups (broad SMARTS) is 2. The fraction of sp³-hybridized carbons (Fsp3) is 0.256. The largest absolute Gasteiger partial charge is 0.489 e. The number of esters is 1. The molecule has 0 unspecified atom stereocenters. The molecule has 0 saturated carbocycles. The van der Waals surface area contributed by atoms with E-state index in [-0.39, 0.29) is 40.0 Å². The van der Waals surface area contributed by atoms with Crippen LogP contribution in [-0.4, -0.2) is 93.0 Å². The Kier molecular flexibility index (Phi) is 10.4. The van der Waals surface area contributed by atoms with Gasteiger partial charge in [0.05, 0.1) is 0 Å². The van der Waals surface area contributed by atoms with Crippen LogP contribution in [0.1, 0.15) is 35.0 Å². The van der Waals surface area contributed by atoms with Crippen LogP contribution in [-0.2, 0) is 19.1 Å². The number of ether oxygens (including phenoxy) is 4. The summed E-state index contributed by atoms with van der Waals surface area (Å²) in [6.07, 6.45) is -1.28. The number of rotatable bonds is 14. The average molecular weight is 801 g/mol. The van der Waals surface area contributed by atoms with Gasteiger partial charge in [-0.1, -0.05) is 30.3 Å². The Morgan fingerprint density at radius 1 is 0.789 bits per heavy atom. The zero-order chi connectivity index (χ0) is 40.6. The molecule has 18 heteroatoms. The standard InChI is InChI=1S/C39H32N2O15S/c1-39(2)33(41-34(45)32(35(41)57-39)40-29(44)18-51-19-8-4-3-5-9-19)38(50)54-20(16-52-23-10-6-12-25-30(23)21(42)14-27(55-25)36(46)47)17-53-24-11-7-13-26-31(24)22(43)15-28(56-26)37(48)49/h3-15,20,32-33,35H,16-18H2,1-2H3,(H,40,44)(H,46,47)(H,48,49)/t32-,33+,35-/m1/s1. The summed E-state index contributed by atoms with van der Waals surface area (Å²) in [6, 6.07) is 16.7. The van der Waals surface area contributed by atoms with Gasteiger partial charge in [0, 0.05) is 16.9 Å². The van der Waals surface area contributed by atoms with E-state index in [2.05, 4.69) is 5.32 Å². The average Bonchev–Trinajstić information content (AvgIpc) is 3.44. The van der Waals surface area contributed by atoms with Crippen LogP contribution in [0.15, 0.2) is 97.3 Å². The monoisotopic (exact) mass is 800 g/mol. The van der Waals surface area contributed by atoms with Crippen molar-refractivity contribution in [3.8, 4) is 17.2 Å². The lowest BCUT2D eigenvalue weighted by Crippen LogP contribution is -2.71. The van der Waals surface area contributed by atoms with Crippen molar-refractivity contribution >= 4 is 63.4 Å². The van der Waals surface area contributed by atoms with Crippen LogP contribution < -0.4 is 30.4 Å². The molecule has 2 fully saturated rings. The van der Waals surface area contributed by atoms with Crippen molar-refractivity contribution in [2.45, 2.75) is 42.2 Å². The third kappa shape index (κ3) is 7.71. The van der Waals surface area contributed by atoms with Gasteiger partial charge in [-0.05, 0) is 50.2 Å². The first-order valence-electron chi connectivity index (χ1n) is 17.3. The van der Waals surface area contributed by atoms with Crippen molar-refractivity contribution in [2.75, 3.05) is 19.8 Å². The molecular weight excluding hydrogens is 768 g/mol. The molecule has 0 radical (unpaired) electrons. The van der Waals surface area contributed by atoms with Crippen LogP contribution in [0.5, 0.6) is 17.2 Å². The maximum absolute atomic E-state index is 14.1. The van der Waals surface area contributed by atoms with Crippen molar-refractivity contribution < 1.29 is 62.0 Å². The highest BCUT2D eigenvalue weighted by Gasteiger charge is 2.64. The van der Waals surface area contributed by atoms with Gasteiger partial charge in [-0.25, -0.2) is 14.4 Å². The molecule has 17 nitrogen and oxygen atoms in total. The fourth-order valence-electron chi connectivity index (χ4n) is 6.52. The van der Waals surface area contributed by atoms with Crippen molar-refractivity contribution in [3.63, 3.8) is 0 Å². The number of β-lactam (4-membered cyclic amide) rings is 1. The van der Waals surface area contributed by atoms with E-state index in [4.69, 9.17) is 27.8 Å². The minimum absolute atomic E-state index is 0.0317. The second-order valence-electron chi connectivity index (χ2n) is 13.4. The number of hydrogen-bond acceptors (Lipinski definition) is 14. The molecule has 0 spiro atoms. The third-order valence-corrected chi connectivity index (χ3v) is 10.7. The normalized spacial score (nSPS) is 18.1. The molecule has 2 aromatic heterocycles. The second kappa shape index (κ2) is 15.4. The number of nitrogens with zero attached hydrogens (tertiary/aromatic N) is 1. The molecule has 2 aliphatic rings. The molecule has 3 atom stereocenters. The fourth-order valence-corrected chi connectivity index (χ4v) is 8.15. The van der Waals surface area contributed by atoms with Gasteiger partial charge >= 0.3 is 17.9 Å². The molecule has 2 amide bonds. The Bertz CT molecular complexity index is 2440. The highest BCUT2D eigenvalue weighted by molar-refractivity contribution is 8.01. The molecule has 4 heterocycles. The molecule has 2 aliphatic heterocycles. The van der Waals surface area contributed by atoms with E-state index in [1.54, 1.807) is 44.2 Å². The summed E-state index contributed by atoms with van der Waals surface area (Å²) < 4.78 is 33.2. The van der Waals surface area contributed by atoms with Crippen molar-refractivity contribution in [1.29, 1.82) is 0 Å². The molecule has 57 heavy (non-hydrogen) atoms. The number of benzene rings is 3. The third-order valence-electron chi connectivity index (χ3n) is 9.08. The Labute approximate surface area is 325 Å². The zero-order valence-corrected chi connectivity index (χ0v) is 30.8. The van der Waals surface area contributed by atoms with Gasteiger partial charge in [0.15, 0.2) is 23.6 Å². The molecule has 5 aromatic rings. The Morgan fingerprint density at radius 3 is 1.86 bits per heavy atom. The van der Waals surface area contributed by atoms with E-state index >= 15 is 0 Å². The van der Waals surface area contributed by atoms with E-state index < -0.39 is 93.6 Å². The minimum Gasteiger partial charge on any atom is -0.489 e. The Hall–Kier alpha value is -6.82. The highest BCUT2D eigenvalue weighted by Crippen LogP contribution is 2.51. The minimum atomic E-state index is -1.45. The topological polar surface area (TPSA) is 238 Å². The predicted molar refractivity (Wildman–Crippen MR) is 200 cm³/mol. The number of nitrogens with one attached hydrogen (secondary N) is 1. The quantitative estimate of drug-likeness (QED) is 0.108. The maximum atomic E-state index is 14.1. The Morgan fingerprint density at radius 2 is 1.33 bits per heavy atom. The highest BCUT2D eigenvalue weighted by atomic mass is 32.2. The second-order valence-corrected chi connectivity index (χ2v) is 15.2. The SMILES string of the molecule is CC1(C)S[C@@H]2[C@H](NC(=O)COc3ccccc3)C(=O)N2[C@H]1C(=O)OC(COc1cccc2oc(C(=O)O)cc(=O)c12)COc1cccc2oc(C(=O)O)cc(=O)c12. The zero-order valence-electron chi connectivity index (χ0n) is 30.0. The summed E-state index contributed by atoms with van der Waals surface area (Å²) in [7, 11) is 0. The number of carbonyl (C=O) groups excluding carboxylic acids is 3. The van der Waals surface area contributed by atoms with Gasteiger partial charge in [0.25, 0.3) is 5.91 Å². The van der Waals surface area contributed by atoms with Crippen LogP contribution in [0.25, 0.3) is 21.9 Å². The molecule has 3 aromatic carbocycles. The summed E-state index contributed by atoms with van der Waals surface area (Å²) in [5.41, 5.74) is -1.58. The molecule has 0 aliphatic carbocycles.